The van der Waals surface area contributed by atoms with Crippen LogP contribution in [0, 0.1) is 5.92 Å². The highest BCUT2D eigenvalue weighted by Gasteiger charge is 2.11. The number of aryl methyl sites for hydroxylation is 2. The first kappa shape index (κ1) is 8.74. The molecule has 0 spiro atoms. The molecule has 0 bridgehead atoms. The van der Waals surface area contributed by atoms with Gasteiger partial charge < -0.3 is 0 Å². The molecule has 1 heterocycles. The lowest BCUT2D eigenvalue weighted by atomic mass is 10.0. The van der Waals surface area contributed by atoms with E-state index < -0.39 is 0 Å². The number of rotatable bonds is 2. The topological polar surface area (TPSA) is 12.9 Å². The van der Waals surface area contributed by atoms with Crippen molar-refractivity contribution < 1.29 is 0 Å². The summed E-state index contributed by atoms with van der Waals surface area (Å²) in [7, 11) is 0. The molecule has 0 unspecified atom stereocenters. The number of fused-ring (bicyclic) bond motifs is 1. The van der Waals surface area contributed by atoms with Gasteiger partial charge in [-0.3, -0.25) is 4.98 Å². The third kappa shape index (κ3) is 1.90. The Morgan fingerprint density at radius 3 is 2.85 bits per heavy atom. The normalized spacial score (nSPS) is 15.0. The fourth-order valence-electron chi connectivity index (χ4n) is 2.03. The molecule has 0 atom stereocenters. The lowest BCUT2D eigenvalue weighted by Gasteiger charge is -2.05. The highest BCUT2D eigenvalue weighted by Crippen LogP contribution is 2.22. The second-order valence-electron chi connectivity index (χ2n) is 4.40. The molecule has 1 aliphatic carbocycles. The van der Waals surface area contributed by atoms with E-state index in [0.717, 1.165) is 6.42 Å². The van der Waals surface area contributed by atoms with Crippen molar-refractivity contribution in [3.63, 3.8) is 0 Å². The molecule has 1 aromatic rings. The number of aromatic nitrogens is 1. The Hall–Kier alpha value is -0.850. The van der Waals surface area contributed by atoms with Gasteiger partial charge in [0.2, 0.25) is 0 Å². The third-order valence-electron chi connectivity index (χ3n) is 2.65. The van der Waals surface area contributed by atoms with Crippen LogP contribution in [0.5, 0.6) is 0 Å². The zero-order valence-corrected chi connectivity index (χ0v) is 8.51. The van der Waals surface area contributed by atoms with E-state index in [4.69, 9.17) is 0 Å². The average molecular weight is 175 g/mol. The fourth-order valence-corrected chi connectivity index (χ4v) is 2.03. The zero-order valence-electron chi connectivity index (χ0n) is 8.51. The molecule has 13 heavy (non-hydrogen) atoms. The summed E-state index contributed by atoms with van der Waals surface area (Å²) < 4.78 is 0. The Labute approximate surface area is 80.2 Å². The highest BCUT2D eigenvalue weighted by molar-refractivity contribution is 5.30. The minimum absolute atomic E-state index is 0.715. The summed E-state index contributed by atoms with van der Waals surface area (Å²) in [6.45, 7) is 4.49. The van der Waals surface area contributed by atoms with Crippen LogP contribution >= 0.6 is 0 Å². The maximum absolute atomic E-state index is 4.49. The van der Waals surface area contributed by atoms with Crippen LogP contribution in [0.2, 0.25) is 0 Å². The molecule has 0 N–H and O–H groups in total. The monoisotopic (exact) mass is 175 g/mol. The van der Waals surface area contributed by atoms with Crippen LogP contribution in [-0.2, 0) is 19.3 Å². The van der Waals surface area contributed by atoms with Gasteiger partial charge in [0.25, 0.3) is 0 Å². The summed E-state index contributed by atoms with van der Waals surface area (Å²) in [5.41, 5.74) is 4.30. The van der Waals surface area contributed by atoms with E-state index in [2.05, 4.69) is 31.1 Å². The maximum Gasteiger partial charge on any atom is 0.0409 e. The van der Waals surface area contributed by atoms with Crippen molar-refractivity contribution in [2.24, 2.45) is 5.92 Å². The van der Waals surface area contributed by atoms with Gasteiger partial charge in [-0.1, -0.05) is 13.8 Å². The van der Waals surface area contributed by atoms with Gasteiger partial charge in [0.05, 0.1) is 0 Å². The number of pyridine rings is 1. The summed E-state index contributed by atoms with van der Waals surface area (Å²) in [6, 6.07) is 2.31. The summed E-state index contributed by atoms with van der Waals surface area (Å²) in [5.74, 6) is 0.715. The van der Waals surface area contributed by atoms with Crippen molar-refractivity contribution in [1.82, 2.24) is 4.98 Å². The SMILES string of the molecule is CC(C)Cc1cc2c(cn1)CCC2. The van der Waals surface area contributed by atoms with Crippen LogP contribution in [0.3, 0.4) is 0 Å². The molecule has 0 amide bonds. The lowest BCUT2D eigenvalue weighted by molar-refractivity contribution is 0.634. The van der Waals surface area contributed by atoms with E-state index in [-0.39, 0.29) is 0 Å². The molecule has 2 rings (SSSR count). The summed E-state index contributed by atoms with van der Waals surface area (Å²) in [6.07, 6.45) is 7.03. The van der Waals surface area contributed by atoms with Crippen LogP contribution in [0.1, 0.15) is 37.1 Å². The van der Waals surface area contributed by atoms with Crippen molar-refractivity contribution >= 4 is 0 Å². The van der Waals surface area contributed by atoms with Crippen LogP contribution in [0.4, 0.5) is 0 Å². The maximum atomic E-state index is 4.49. The zero-order chi connectivity index (χ0) is 9.26. The molecular formula is C12H17N. The molecule has 0 fully saturated rings. The summed E-state index contributed by atoms with van der Waals surface area (Å²) >= 11 is 0. The van der Waals surface area contributed by atoms with E-state index >= 15 is 0 Å². The summed E-state index contributed by atoms with van der Waals surface area (Å²) in [4.78, 5) is 4.49. The van der Waals surface area contributed by atoms with Crippen molar-refractivity contribution in [3.05, 3.63) is 29.1 Å². The minimum atomic E-state index is 0.715. The van der Waals surface area contributed by atoms with E-state index in [1.807, 2.05) is 0 Å². The number of hydrogen-bond donors (Lipinski definition) is 0. The Kier molecular flexibility index (Phi) is 2.34. The van der Waals surface area contributed by atoms with E-state index in [1.165, 1.54) is 30.5 Å². The highest BCUT2D eigenvalue weighted by atomic mass is 14.7. The van der Waals surface area contributed by atoms with Crippen LogP contribution in [-0.4, -0.2) is 4.98 Å². The van der Waals surface area contributed by atoms with Crippen molar-refractivity contribution in [2.75, 3.05) is 0 Å². The van der Waals surface area contributed by atoms with Gasteiger partial charge in [0, 0.05) is 11.9 Å². The van der Waals surface area contributed by atoms with Gasteiger partial charge in [0.1, 0.15) is 0 Å². The number of nitrogens with zero attached hydrogens (tertiary/aromatic N) is 1. The first-order valence-corrected chi connectivity index (χ1v) is 5.22. The molecule has 1 aliphatic rings. The molecule has 1 aromatic heterocycles. The van der Waals surface area contributed by atoms with E-state index in [1.54, 1.807) is 5.56 Å². The minimum Gasteiger partial charge on any atom is -0.261 e. The molecule has 70 valence electrons. The molecular weight excluding hydrogens is 158 g/mol. The van der Waals surface area contributed by atoms with Gasteiger partial charge in [-0.15, -0.1) is 0 Å². The van der Waals surface area contributed by atoms with Crippen LogP contribution in [0.25, 0.3) is 0 Å². The van der Waals surface area contributed by atoms with Gasteiger partial charge >= 0.3 is 0 Å². The van der Waals surface area contributed by atoms with E-state index in [0.29, 0.717) is 5.92 Å². The lowest BCUT2D eigenvalue weighted by Crippen LogP contribution is -1.98. The predicted octanol–water partition coefficient (Wildman–Crippen LogP) is 2.77. The fraction of sp³-hybridized carbons (Fsp3) is 0.583. The van der Waals surface area contributed by atoms with Crippen molar-refractivity contribution in [1.29, 1.82) is 0 Å². The smallest absolute Gasteiger partial charge is 0.0409 e. The molecule has 1 nitrogen and oxygen atoms in total. The Bertz CT molecular complexity index is 302. The molecule has 0 aromatic carbocycles. The molecule has 0 saturated carbocycles. The summed E-state index contributed by atoms with van der Waals surface area (Å²) in [5, 5.41) is 0. The van der Waals surface area contributed by atoms with Gasteiger partial charge in [-0.05, 0) is 48.8 Å². The third-order valence-corrected chi connectivity index (χ3v) is 2.65. The van der Waals surface area contributed by atoms with Gasteiger partial charge in [-0.2, -0.15) is 0 Å². The standard InChI is InChI=1S/C12H17N/c1-9(2)6-12-7-10-4-3-5-11(10)8-13-12/h7-9H,3-6H2,1-2H3. The molecule has 0 radical (unpaired) electrons. The molecule has 0 saturated heterocycles. The number of hydrogen-bond acceptors (Lipinski definition) is 1. The van der Waals surface area contributed by atoms with Crippen molar-refractivity contribution in [2.45, 2.75) is 39.5 Å². The van der Waals surface area contributed by atoms with Crippen molar-refractivity contribution in [3.8, 4) is 0 Å². The van der Waals surface area contributed by atoms with Gasteiger partial charge in [-0.25, -0.2) is 0 Å². The van der Waals surface area contributed by atoms with Crippen LogP contribution in [0.15, 0.2) is 12.3 Å². The largest absolute Gasteiger partial charge is 0.261 e. The van der Waals surface area contributed by atoms with Crippen LogP contribution < -0.4 is 0 Å². The second-order valence-corrected chi connectivity index (χ2v) is 4.40. The first-order chi connectivity index (χ1) is 6.25. The Morgan fingerprint density at radius 1 is 1.31 bits per heavy atom. The predicted molar refractivity (Wildman–Crippen MR) is 54.8 cm³/mol. The first-order valence-electron chi connectivity index (χ1n) is 5.22. The second kappa shape index (κ2) is 3.49. The van der Waals surface area contributed by atoms with E-state index in [9.17, 15) is 0 Å². The average Bonchev–Trinajstić information content (AvgIpc) is 2.49. The van der Waals surface area contributed by atoms with Gasteiger partial charge in [0.15, 0.2) is 0 Å². The Balaban J connectivity index is 2.21. The molecule has 0 aliphatic heterocycles. The quantitative estimate of drug-likeness (QED) is 0.673. The molecule has 1 heteroatoms. The Morgan fingerprint density at radius 2 is 2.08 bits per heavy atom.